The molecule has 0 radical (unpaired) electrons. The van der Waals surface area contributed by atoms with Crippen molar-refractivity contribution in [2.75, 3.05) is 6.61 Å². The number of carbonyl (C=O) groups excluding carboxylic acids is 1. The third kappa shape index (κ3) is 7.99. The molecule has 1 fully saturated rings. The summed E-state index contributed by atoms with van der Waals surface area (Å²) in [5.74, 6) is 0.335. The van der Waals surface area contributed by atoms with Gasteiger partial charge < -0.3 is 4.74 Å². The Bertz CT molecular complexity index is 267. The van der Waals surface area contributed by atoms with Crippen molar-refractivity contribution >= 4 is 5.78 Å². The molecule has 0 aromatic rings. The van der Waals surface area contributed by atoms with Gasteiger partial charge in [0.1, 0.15) is 5.60 Å². The molecule has 1 aliphatic heterocycles. The lowest BCUT2D eigenvalue weighted by Crippen LogP contribution is -2.41. The van der Waals surface area contributed by atoms with Gasteiger partial charge in [-0.2, -0.15) is 0 Å². The molecule has 0 saturated carbocycles. The maximum absolute atomic E-state index is 12.2. The SMILES string of the molecule is CCCCCCCCCCCCC(=O)C1(C)CCCCO1. The number of ketones is 1. The predicted octanol–water partition coefficient (Wildman–Crippen LogP) is 5.83. The third-order valence-corrected chi connectivity index (χ3v) is 4.82. The highest BCUT2D eigenvalue weighted by Crippen LogP contribution is 2.27. The zero-order chi connectivity index (χ0) is 15.4. The molecule has 1 saturated heterocycles. The number of unbranched alkanes of at least 4 members (excludes halogenated alkanes) is 9. The van der Waals surface area contributed by atoms with Crippen LogP contribution in [0.1, 0.15) is 104 Å². The van der Waals surface area contributed by atoms with Gasteiger partial charge in [0.25, 0.3) is 0 Å². The molecule has 1 rings (SSSR count). The molecule has 0 bridgehead atoms. The molecule has 124 valence electrons. The molecule has 21 heavy (non-hydrogen) atoms. The van der Waals surface area contributed by atoms with Crippen LogP contribution in [0.4, 0.5) is 0 Å². The van der Waals surface area contributed by atoms with Crippen LogP contribution in [0.15, 0.2) is 0 Å². The Morgan fingerprint density at radius 2 is 1.48 bits per heavy atom. The second-order valence-electron chi connectivity index (χ2n) is 6.89. The number of Topliss-reactive ketones (excluding diaryl/α,β-unsaturated/α-hetero) is 1. The summed E-state index contributed by atoms with van der Waals surface area (Å²) in [5, 5.41) is 0. The highest BCUT2D eigenvalue weighted by molar-refractivity contribution is 5.86. The van der Waals surface area contributed by atoms with Gasteiger partial charge in [0.05, 0.1) is 0 Å². The summed E-state index contributed by atoms with van der Waals surface area (Å²) >= 11 is 0. The van der Waals surface area contributed by atoms with Gasteiger partial charge in [-0.15, -0.1) is 0 Å². The molecule has 0 amide bonds. The maximum Gasteiger partial charge on any atom is 0.164 e. The fourth-order valence-electron chi connectivity index (χ4n) is 3.19. The van der Waals surface area contributed by atoms with Crippen molar-refractivity contribution in [1.29, 1.82) is 0 Å². The molecular formula is C19H36O2. The normalized spacial score (nSPS) is 22.4. The van der Waals surface area contributed by atoms with Crippen LogP contribution in [0, 0.1) is 0 Å². The average Bonchev–Trinajstić information content (AvgIpc) is 2.49. The van der Waals surface area contributed by atoms with E-state index in [1.54, 1.807) is 0 Å². The lowest BCUT2D eigenvalue weighted by atomic mass is 9.88. The van der Waals surface area contributed by atoms with E-state index in [1.807, 2.05) is 6.92 Å². The van der Waals surface area contributed by atoms with Gasteiger partial charge in [-0.3, -0.25) is 4.79 Å². The highest BCUT2D eigenvalue weighted by Gasteiger charge is 2.34. The lowest BCUT2D eigenvalue weighted by molar-refractivity contribution is -0.148. The van der Waals surface area contributed by atoms with Crippen LogP contribution in [0.25, 0.3) is 0 Å². The zero-order valence-corrected chi connectivity index (χ0v) is 14.4. The summed E-state index contributed by atoms with van der Waals surface area (Å²) in [4.78, 5) is 12.2. The fourth-order valence-corrected chi connectivity index (χ4v) is 3.19. The van der Waals surface area contributed by atoms with Gasteiger partial charge in [-0.05, 0) is 32.6 Å². The third-order valence-electron chi connectivity index (χ3n) is 4.82. The van der Waals surface area contributed by atoms with Gasteiger partial charge in [-0.1, -0.05) is 64.7 Å². The smallest absolute Gasteiger partial charge is 0.164 e. The lowest BCUT2D eigenvalue weighted by Gasteiger charge is -2.32. The number of hydrogen-bond acceptors (Lipinski definition) is 2. The molecule has 0 N–H and O–H groups in total. The van der Waals surface area contributed by atoms with E-state index >= 15 is 0 Å². The van der Waals surface area contributed by atoms with Crippen molar-refractivity contribution in [2.24, 2.45) is 0 Å². The summed E-state index contributed by atoms with van der Waals surface area (Å²) in [6.45, 7) is 5.02. The van der Waals surface area contributed by atoms with Crippen LogP contribution in [0.2, 0.25) is 0 Å². The van der Waals surface area contributed by atoms with Crippen molar-refractivity contribution in [2.45, 2.75) is 109 Å². The minimum absolute atomic E-state index is 0.335. The van der Waals surface area contributed by atoms with Gasteiger partial charge in [0, 0.05) is 13.0 Å². The number of ether oxygens (including phenoxy) is 1. The summed E-state index contributed by atoms with van der Waals surface area (Å²) in [6.07, 6.45) is 17.1. The standard InChI is InChI=1S/C19H36O2/c1-3-4-5-6-7-8-9-10-11-12-15-18(20)19(2)16-13-14-17-21-19/h3-17H2,1-2H3. The first-order chi connectivity index (χ1) is 10.2. The molecule has 0 spiro atoms. The maximum atomic E-state index is 12.2. The topological polar surface area (TPSA) is 26.3 Å². The highest BCUT2D eigenvalue weighted by atomic mass is 16.5. The Hall–Kier alpha value is -0.370. The average molecular weight is 296 g/mol. The molecule has 0 aliphatic carbocycles. The minimum Gasteiger partial charge on any atom is -0.368 e. The Labute approximate surface area is 132 Å². The van der Waals surface area contributed by atoms with Crippen LogP contribution in [-0.4, -0.2) is 18.0 Å². The molecule has 1 unspecified atom stereocenters. The molecular weight excluding hydrogens is 260 g/mol. The van der Waals surface area contributed by atoms with Gasteiger partial charge in [-0.25, -0.2) is 0 Å². The number of rotatable bonds is 12. The van der Waals surface area contributed by atoms with Crippen molar-refractivity contribution in [1.82, 2.24) is 0 Å². The van der Waals surface area contributed by atoms with Crippen molar-refractivity contribution in [3.63, 3.8) is 0 Å². The van der Waals surface area contributed by atoms with E-state index in [9.17, 15) is 4.79 Å². The van der Waals surface area contributed by atoms with E-state index in [-0.39, 0.29) is 0 Å². The van der Waals surface area contributed by atoms with E-state index < -0.39 is 5.60 Å². The Morgan fingerprint density at radius 3 is 2.00 bits per heavy atom. The van der Waals surface area contributed by atoms with Gasteiger partial charge >= 0.3 is 0 Å². The van der Waals surface area contributed by atoms with Crippen molar-refractivity contribution in [3.8, 4) is 0 Å². The first-order valence-corrected chi connectivity index (χ1v) is 9.36. The Morgan fingerprint density at radius 1 is 0.905 bits per heavy atom. The van der Waals surface area contributed by atoms with Crippen molar-refractivity contribution in [3.05, 3.63) is 0 Å². The van der Waals surface area contributed by atoms with Gasteiger partial charge in [0.15, 0.2) is 5.78 Å². The van der Waals surface area contributed by atoms with E-state index in [1.165, 1.54) is 57.8 Å². The summed E-state index contributed by atoms with van der Waals surface area (Å²) in [6, 6.07) is 0. The van der Waals surface area contributed by atoms with Crippen LogP contribution >= 0.6 is 0 Å². The van der Waals surface area contributed by atoms with E-state index in [0.717, 1.165) is 32.3 Å². The Kier molecular flexibility index (Phi) is 9.99. The van der Waals surface area contributed by atoms with Crippen LogP contribution in [0.3, 0.4) is 0 Å². The minimum atomic E-state index is -0.461. The van der Waals surface area contributed by atoms with Crippen molar-refractivity contribution < 1.29 is 9.53 Å². The van der Waals surface area contributed by atoms with E-state index in [2.05, 4.69) is 6.92 Å². The second kappa shape index (κ2) is 11.2. The van der Waals surface area contributed by atoms with Crippen LogP contribution < -0.4 is 0 Å². The first kappa shape index (κ1) is 18.7. The molecule has 0 aromatic heterocycles. The molecule has 1 atom stereocenters. The quantitative estimate of drug-likeness (QED) is 0.424. The molecule has 2 nitrogen and oxygen atoms in total. The van der Waals surface area contributed by atoms with E-state index in [4.69, 9.17) is 4.74 Å². The molecule has 2 heteroatoms. The molecule has 1 aliphatic rings. The summed E-state index contributed by atoms with van der Waals surface area (Å²) in [5.41, 5.74) is -0.461. The Balaban J connectivity index is 1.93. The number of hydrogen-bond donors (Lipinski definition) is 0. The largest absolute Gasteiger partial charge is 0.368 e. The summed E-state index contributed by atoms with van der Waals surface area (Å²) < 4.78 is 5.72. The predicted molar refractivity (Wildman–Crippen MR) is 89.7 cm³/mol. The molecule has 0 aromatic carbocycles. The first-order valence-electron chi connectivity index (χ1n) is 9.36. The fraction of sp³-hybridized carbons (Fsp3) is 0.947. The van der Waals surface area contributed by atoms with E-state index in [0.29, 0.717) is 12.2 Å². The number of carbonyl (C=O) groups is 1. The zero-order valence-electron chi connectivity index (χ0n) is 14.4. The van der Waals surface area contributed by atoms with Crippen LogP contribution in [0.5, 0.6) is 0 Å². The monoisotopic (exact) mass is 296 g/mol. The van der Waals surface area contributed by atoms with Crippen LogP contribution in [-0.2, 0) is 9.53 Å². The summed E-state index contributed by atoms with van der Waals surface area (Å²) in [7, 11) is 0. The second-order valence-corrected chi connectivity index (χ2v) is 6.89. The molecule has 1 heterocycles. The van der Waals surface area contributed by atoms with Gasteiger partial charge in [0.2, 0.25) is 0 Å².